The summed E-state index contributed by atoms with van der Waals surface area (Å²) in [6.07, 6.45) is 0. The van der Waals surface area contributed by atoms with Gasteiger partial charge < -0.3 is 0 Å². The summed E-state index contributed by atoms with van der Waals surface area (Å²) in [5.74, 6) is 0.0874. The molecule has 0 aromatic heterocycles. The van der Waals surface area contributed by atoms with Crippen molar-refractivity contribution >= 4 is 27.7 Å². The summed E-state index contributed by atoms with van der Waals surface area (Å²) in [6.45, 7) is 0. The second-order valence-corrected chi connectivity index (χ2v) is 5.49. The van der Waals surface area contributed by atoms with Crippen molar-refractivity contribution in [2.75, 3.05) is 0 Å². The average molecular weight is 315 g/mol. The number of halogens is 3. The minimum absolute atomic E-state index is 0.254. The Labute approximate surface area is 111 Å². The SMILES string of the molecule is Fc1cc(Br)cc(CSc2cccc(F)c2)c1. The van der Waals surface area contributed by atoms with Crippen LogP contribution in [0.15, 0.2) is 51.8 Å². The van der Waals surface area contributed by atoms with E-state index in [1.807, 2.05) is 12.1 Å². The van der Waals surface area contributed by atoms with Gasteiger partial charge in [0.1, 0.15) is 11.6 Å². The first-order valence-electron chi connectivity index (χ1n) is 4.97. The lowest BCUT2D eigenvalue weighted by atomic mass is 10.2. The van der Waals surface area contributed by atoms with E-state index in [0.29, 0.717) is 10.2 Å². The van der Waals surface area contributed by atoms with Crippen molar-refractivity contribution < 1.29 is 8.78 Å². The van der Waals surface area contributed by atoms with Crippen LogP contribution < -0.4 is 0 Å². The lowest BCUT2D eigenvalue weighted by Crippen LogP contribution is -1.84. The van der Waals surface area contributed by atoms with Gasteiger partial charge >= 0.3 is 0 Å². The van der Waals surface area contributed by atoms with E-state index < -0.39 is 0 Å². The molecule has 0 fully saturated rings. The zero-order chi connectivity index (χ0) is 12.3. The number of hydrogen-bond donors (Lipinski definition) is 0. The van der Waals surface area contributed by atoms with Gasteiger partial charge in [-0.1, -0.05) is 22.0 Å². The molecule has 17 heavy (non-hydrogen) atoms. The van der Waals surface area contributed by atoms with Crippen molar-refractivity contribution in [3.05, 3.63) is 64.1 Å². The second-order valence-electron chi connectivity index (χ2n) is 3.52. The molecule has 0 aliphatic carbocycles. The normalized spacial score (nSPS) is 10.5. The van der Waals surface area contributed by atoms with Gasteiger partial charge in [0.15, 0.2) is 0 Å². The smallest absolute Gasteiger partial charge is 0.124 e. The van der Waals surface area contributed by atoms with Crippen LogP contribution in [0.4, 0.5) is 8.78 Å². The van der Waals surface area contributed by atoms with Crippen LogP contribution in [0.5, 0.6) is 0 Å². The highest BCUT2D eigenvalue weighted by Gasteiger charge is 2.01. The van der Waals surface area contributed by atoms with Crippen LogP contribution >= 0.6 is 27.7 Å². The van der Waals surface area contributed by atoms with Crippen molar-refractivity contribution in [2.24, 2.45) is 0 Å². The van der Waals surface area contributed by atoms with Gasteiger partial charge in [-0.15, -0.1) is 11.8 Å². The monoisotopic (exact) mass is 314 g/mol. The lowest BCUT2D eigenvalue weighted by molar-refractivity contribution is 0.624. The summed E-state index contributed by atoms with van der Waals surface area (Å²) in [5.41, 5.74) is 0.867. The summed E-state index contributed by atoms with van der Waals surface area (Å²) in [6, 6.07) is 11.1. The molecule has 2 aromatic carbocycles. The lowest BCUT2D eigenvalue weighted by Gasteiger charge is -2.03. The Morgan fingerprint density at radius 3 is 2.53 bits per heavy atom. The first kappa shape index (κ1) is 12.6. The summed E-state index contributed by atoms with van der Waals surface area (Å²) < 4.78 is 26.8. The topological polar surface area (TPSA) is 0 Å². The van der Waals surface area contributed by atoms with Gasteiger partial charge in [-0.25, -0.2) is 8.78 Å². The fraction of sp³-hybridized carbons (Fsp3) is 0.0769. The van der Waals surface area contributed by atoms with Crippen LogP contribution in [0.25, 0.3) is 0 Å². The highest BCUT2D eigenvalue weighted by molar-refractivity contribution is 9.10. The molecule has 0 nitrogen and oxygen atoms in total. The second kappa shape index (κ2) is 5.65. The van der Waals surface area contributed by atoms with Crippen molar-refractivity contribution in [3.8, 4) is 0 Å². The number of hydrogen-bond acceptors (Lipinski definition) is 1. The van der Waals surface area contributed by atoms with Crippen LogP contribution in [0.3, 0.4) is 0 Å². The fourth-order valence-electron chi connectivity index (χ4n) is 1.42. The Hall–Kier alpha value is -0.870. The Morgan fingerprint density at radius 2 is 1.82 bits per heavy atom. The minimum atomic E-state index is -0.269. The Bertz CT molecular complexity index is 508. The molecule has 0 saturated carbocycles. The number of rotatable bonds is 3. The van der Waals surface area contributed by atoms with Gasteiger partial charge in [-0.05, 0) is 42.0 Å². The van der Waals surface area contributed by atoms with Gasteiger partial charge in [0, 0.05) is 15.1 Å². The molecule has 0 radical (unpaired) electrons. The van der Waals surface area contributed by atoms with E-state index in [1.165, 1.54) is 36.0 Å². The van der Waals surface area contributed by atoms with Crippen molar-refractivity contribution in [1.29, 1.82) is 0 Å². The van der Waals surface area contributed by atoms with Gasteiger partial charge in [0.05, 0.1) is 0 Å². The van der Waals surface area contributed by atoms with Gasteiger partial charge in [0.2, 0.25) is 0 Å². The first-order chi connectivity index (χ1) is 8.13. The maximum absolute atomic E-state index is 13.1. The van der Waals surface area contributed by atoms with Gasteiger partial charge in [0.25, 0.3) is 0 Å². The number of benzene rings is 2. The summed E-state index contributed by atoms with van der Waals surface area (Å²) >= 11 is 4.72. The Balaban J connectivity index is 2.07. The molecule has 2 rings (SSSR count). The summed E-state index contributed by atoms with van der Waals surface area (Å²) in [7, 11) is 0. The minimum Gasteiger partial charge on any atom is -0.207 e. The molecule has 88 valence electrons. The molecule has 0 atom stereocenters. The maximum atomic E-state index is 13.1. The highest BCUT2D eigenvalue weighted by atomic mass is 79.9. The zero-order valence-electron chi connectivity index (χ0n) is 8.79. The molecule has 0 unspecified atom stereocenters. The molecule has 2 aromatic rings. The molecule has 0 aliphatic heterocycles. The maximum Gasteiger partial charge on any atom is 0.124 e. The number of thioether (sulfide) groups is 1. The molecule has 0 N–H and O–H groups in total. The van der Waals surface area contributed by atoms with Crippen LogP contribution in [0.1, 0.15) is 5.56 Å². The van der Waals surface area contributed by atoms with Crippen LogP contribution in [0.2, 0.25) is 0 Å². The summed E-state index contributed by atoms with van der Waals surface area (Å²) in [4.78, 5) is 0.838. The summed E-state index contributed by atoms with van der Waals surface area (Å²) in [5, 5.41) is 0. The van der Waals surface area contributed by atoms with E-state index in [0.717, 1.165) is 10.5 Å². The molecular formula is C13H9BrF2S. The highest BCUT2D eigenvalue weighted by Crippen LogP contribution is 2.25. The fourth-order valence-corrected chi connectivity index (χ4v) is 2.80. The van der Waals surface area contributed by atoms with E-state index in [-0.39, 0.29) is 11.6 Å². The zero-order valence-corrected chi connectivity index (χ0v) is 11.2. The Kier molecular flexibility index (Phi) is 4.18. The molecule has 0 bridgehead atoms. The average Bonchev–Trinajstić information content (AvgIpc) is 2.25. The van der Waals surface area contributed by atoms with E-state index >= 15 is 0 Å². The molecule has 0 saturated heterocycles. The van der Waals surface area contributed by atoms with E-state index in [9.17, 15) is 8.78 Å². The molecule has 0 heterocycles. The molecular weight excluding hydrogens is 306 g/mol. The van der Waals surface area contributed by atoms with E-state index in [4.69, 9.17) is 0 Å². The third-order valence-electron chi connectivity index (χ3n) is 2.12. The standard InChI is InChI=1S/C13H9BrF2S/c14-10-4-9(5-12(16)6-10)8-17-13-3-1-2-11(15)7-13/h1-7H,8H2. The van der Waals surface area contributed by atoms with E-state index in [2.05, 4.69) is 15.9 Å². The predicted molar refractivity (Wildman–Crippen MR) is 70.1 cm³/mol. The van der Waals surface area contributed by atoms with Crippen LogP contribution in [-0.4, -0.2) is 0 Å². The quantitative estimate of drug-likeness (QED) is 0.717. The van der Waals surface area contributed by atoms with Crippen LogP contribution in [0, 0.1) is 11.6 Å². The molecule has 0 aliphatic rings. The first-order valence-corrected chi connectivity index (χ1v) is 6.75. The predicted octanol–water partition coefficient (Wildman–Crippen LogP) is 5.02. The van der Waals surface area contributed by atoms with Gasteiger partial charge in [-0.3, -0.25) is 0 Å². The third kappa shape index (κ3) is 3.82. The van der Waals surface area contributed by atoms with Crippen molar-refractivity contribution in [2.45, 2.75) is 10.6 Å². The molecule has 0 amide bonds. The van der Waals surface area contributed by atoms with Crippen LogP contribution in [-0.2, 0) is 5.75 Å². The largest absolute Gasteiger partial charge is 0.207 e. The molecule has 0 spiro atoms. The van der Waals surface area contributed by atoms with Crippen molar-refractivity contribution in [3.63, 3.8) is 0 Å². The van der Waals surface area contributed by atoms with Gasteiger partial charge in [-0.2, -0.15) is 0 Å². The third-order valence-corrected chi connectivity index (χ3v) is 3.65. The van der Waals surface area contributed by atoms with Crippen molar-refractivity contribution in [1.82, 2.24) is 0 Å². The Morgan fingerprint density at radius 1 is 1.00 bits per heavy atom. The molecule has 4 heteroatoms. The van der Waals surface area contributed by atoms with E-state index in [1.54, 1.807) is 6.07 Å².